The molecule has 1 unspecified atom stereocenters. The van der Waals surface area contributed by atoms with Crippen molar-refractivity contribution in [2.24, 2.45) is 11.8 Å². The molecule has 1 amide bonds. The maximum absolute atomic E-state index is 14.1. The second-order valence-corrected chi connectivity index (χ2v) is 14.4. The second-order valence-electron chi connectivity index (χ2n) is 11.6. The highest BCUT2D eigenvalue weighted by Crippen LogP contribution is 2.35. The van der Waals surface area contributed by atoms with Crippen molar-refractivity contribution >= 4 is 49.1 Å². The zero-order valence-corrected chi connectivity index (χ0v) is 26.0. The van der Waals surface area contributed by atoms with Gasteiger partial charge in [0.15, 0.2) is 0 Å². The van der Waals surface area contributed by atoms with Gasteiger partial charge in [-0.05, 0) is 73.3 Å². The number of carbonyl (C=O) groups is 2. The number of nitrogens with zero attached hydrogens (tertiary/aromatic N) is 2. The van der Waals surface area contributed by atoms with Crippen molar-refractivity contribution in [3.8, 4) is 0 Å². The Morgan fingerprint density at radius 3 is 2.67 bits per heavy atom. The second kappa shape index (κ2) is 13.7. The van der Waals surface area contributed by atoms with Crippen LogP contribution in [0.3, 0.4) is 0 Å². The number of amides is 1. The summed E-state index contributed by atoms with van der Waals surface area (Å²) in [7, 11) is -4.22. The van der Waals surface area contributed by atoms with Crippen LogP contribution in [0.2, 0.25) is 0 Å². The smallest absolute Gasteiger partial charge is 0.303 e. The van der Waals surface area contributed by atoms with Crippen LogP contribution >= 0.6 is 11.3 Å². The summed E-state index contributed by atoms with van der Waals surface area (Å²) in [6.45, 7) is 3.22. The van der Waals surface area contributed by atoms with Crippen LogP contribution < -0.4 is 10.0 Å². The van der Waals surface area contributed by atoms with Crippen molar-refractivity contribution in [1.82, 2.24) is 14.6 Å². The molecule has 1 aromatic heterocycles. The normalized spacial score (nSPS) is 18.3. The van der Waals surface area contributed by atoms with Gasteiger partial charge in [0.05, 0.1) is 27.6 Å². The van der Waals surface area contributed by atoms with E-state index in [1.807, 2.05) is 30.3 Å². The molecule has 2 aromatic carbocycles. The lowest BCUT2D eigenvalue weighted by molar-refractivity contribution is -0.137. The molecule has 5 rings (SSSR count). The largest absolute Gasteiger partial charge is 0.481 e. The van der Waals surface area contributed by atoms with E-state index in [0.29, 0.717) is 67.5 Å². The van der Waals surface area contributed by atoms with Crippen LogP contribution in [0.1, 0.15) is 55.2 Å². The predicted molar refractivity (Wildman–Crippen MR) is 166 cm³/mol. The molecule has 3 heterocycles. The van der Waals surface area contributed by atoms with Gasteiger partial charge in [0.1, 0.15) is 10.9 Å². The summed E-state index contributed by atoms with van der Waals surface area (Å²) >= 11 is 1.43. The number of nitrogens with one attached hydrogen (secondary N) is 2. The number of halogens is 1. The number of carbonyl (C=O) groups excluding carboxylic acids is 1. The molecule has 0 aliphatic carbocycles. The minimum Gasteiger partial charge on any atom is -0.481 e. The van der Waals surface area contributed by atoms with E-state index < -0.39 is 22.0 Å². The van der Waals surface area contributed by atoms with E-state index in [1.165, 1.54) is 17.4 Å². The van der Waals surface area contributed by atoms with Gasteiger partial charge < -0.3 is 15.3 Å². The fourth-order valence-corrected chi connectivity index (χ4v) is 8.53. The summed E-state index contributed by atoms with van der Waals surface area (Å²) in [6, 6.07) is 9.97. The molecule has 1 saturated heterocycles. The molecule has 43 heavy (non-hydrogen) atoms. The fraction of sp³-hybridized carbons (Fsp3) is 0.516. The van der Waals surface area contributed by atoms with Crippen LogP contribution in [0, 0.1) is 11.8 Å². The van der Waals surface area contributed by atoms with E-state index in [1.54, 1.807) is 4.90 Å². The first-order valence-electron chi connectivity index (χ1n) is 15.0. The van der Waals surface area contributed by atoms with Crippen LogP contribution in [0.25, 0.3) is 10.2 Å². The highest BCUT2D eigenvalue weighted by Gasteiger charge is 2.35. The van der Waals surface area contributed by atoms with Crippen LogP contribution in [-0.2, 0) is 38.9 Å². The van der Waals surface area contributed by atoms with E-state index in [9.17, 15) is 27.5 Å². The molecular formula is C31H39FN4O5S2. The third-order valence-electron chi connectivity index (χ3n) is 8.57. The summed E-state index contributed by atoms with van der Waals surface area (Å²) in [4.78, 5) is 31.6. The molecule has 0 spiro atoms. The summed E-state index contributed by atoms with van der Waals surface area (Å²) in [5.41, 5.74) is 2.77. The average Bonchev–Trinajstić information content (AvgIpc) is 3.41. The lowest BCUT2D eigenvalue weighted by atomic mass is 9.90. The number of aryl methyl sites for hydroxylation is 1. The van der Waals surface area contributed by atoms with Gasteiger partial charge in [-0.25, -0.2) is 13.4 Å². The third-order valence-corrected chi connectivity index (χ3v) is 11.1. The molecule has 2 aliphatic rings. The van der Waals surface area contributed by atoms with E-state index in [0.717, 1.165) is 22.2 Å². The minimum absolute atomic E-state index is 0.0312. The highest BCUT2D eigenvalue weighted by molar-refractivity contribution is 7.89. The Morgan fingerprint density at radius 1 is 1.21 bits per heavy atom. The van der Waals surface area contributed by atoms with Crippen molar-refractivity contribution < 1.29 is 27.5 Å². The molecule has 12 heteroatoms. The number of aliphatic carboxylic acids is 1. The quantitative estimate of drug-likeness (QED) is 0.262. The molecule has 2 aliphatic heterocycles. The Hall–Kier alpha value is -3.09. The molecule has 1 fully saturated rings. The van der Waals surface area contributed by atoms with Gasteiger partial charge in [-0.1, -0.05) is 31.5 Å². The van der Waals surface area contributed by atoms with Crippen molar-refractivity contribution in [3.05, 3.63) is 52.5 Å². The topological polar surface area (TPSA) is 129 Å². The molecule has 0 saturated carbocycles. The van der Waals surface area contributed by atoms with Crippen molar-refractivity contribution in [1.29, 1.82) is 0 Å². The van der Waals surface area contributed by atoms with Gasteiger partial charge >= 0.3 is 5.97 Å². The fourth-order valence-electron chi connectivity index (χ4n) is 6.05. The van der Waals surface area contributed by atoms with Gasteiger partial charge in [0.25, 0.3) is 0 Å². The molecule has 232 valence electrons. The van der Waals surface area contributed by atoms with E-state index in [-0.39, 0.29) is 42.7 Å². The molecular weight excluding hydrogens is 591 g/mol. The van der Waals surface area contributed by atoms with Crippen LogP contribution in [-0.4, -0.2) is 67.6 Å². The zero-order valence-electron chi connectivity index (χ0n) is 24.4. The Labute approximate surface area is 255 Å². The number of thiazole rings is 1. The minimum atomic E-state index is -4.22. The van der Waals surface area contributed by atoms with Gasteiger partial charge in [-0.3, -0.25) is 14.0 Å². The van der Waals surface area contributed by atoms with Crippen molar-refractivity contribution in [2.75, 3.05) is 31.6 Å². The number of likely N-dealkylation sites (tertiary alicyclic amines) is 1. The maximum Gasteiger partial charge on any atom is 0.303 e. The number of benzene rings is 2. The monoisotopic (exact) mass is 630 g/mol. The number of aromatic nitrogens is 1. The molecule has 3 aromatic rings. The Bertz CT molecular complexity index is 1540. The van der Waals surface area contributed by atoms with E-state index in [4.69, 9.17) is 0 Å². The summed E-state index contributed by atoms with van der Waals surface area (Å²) in [5.74, 6) is -0.732. The number of para-hydroxylation sites is 1. The third kappa shape index (κ3) is 7.53. The molecule has 9 nitrogen and oxygen atoms in total. The number of anilines is 1. The Morgan fingerprint density at radius 2 is 1.98 bits per heavy atom. The highest BCUT2D eigenvalue weighted by atomic mass is 32.2. The number of carboxylic acids is 1. The number of rotatable bonds is 12. The van der Waals surface area contributed by atoms with Gasteiger partial charge in [0.2, 0.25) is 15.9 Å². The number of fused-ring (bicyclic) bond motifs is 2. The number of alkyl halides is 1. The number of sulfonamides is 1. The first-order chi connectivity index (χ1) is 20.7. The average molecular weight is 631 g/mol. The van der Waals surface area contributed by atoms with Crippen LogP contribution in [0.4, 0.5) is 10.1 Å². The molecule has 0 radical (unpaired) electrons. The van der Waals surface area contributed by atoms with Crippen molar-refractivity contribution in [2.45, 2.75) is 69.2 Å². The molecule has 2 atom stereocenters. The predicted octanol–water partition coefficient (Wildman–Crippen LogP) is 4.80. The zero-order chi connectivity index (χ0) is 30.6. The molecule has 0 bridgehead atoms. The van der Waals surface area contributed by atoms with Gasteiger partial charge in [0, 0.05) is 32.5 Å². The van der Waals surface area contributed by atoms with E-state index in [2.05, 4.69) is 21.9 Å². The number of hydrogen-bond donors (Lipinski definition) is 3. The first-order valence-corrected chi connectivity index (χ1v) is 17.3. The lowest BCUT2D eigenvalue weighted by Crippen LogP contribution is -2.51. The van der Waals surface area contributed by atoms with Gasteiger partial charge in [-0.2, -0.15) is 4.72 Å². The summed E-state index contributed by atoms with van der Waals surface area (Å²) in [5, 5.41) is 13.2. The van der Waals surface area contributed by atoms with Gasteiger partial charge in [-0.15, -0.1) is 11.3 Å². The Balaban J connectivity index is 1.47. The number of carboxylic acid groups (broad SMARTS) is 1. The van der Waals surface area contributed by atoms with Crippen LogP contribution in [0.15, 0.2) is 41.3 Å². The summed E-state index contributed by atoms with van der Waals surface area (Å²) in [6.07, 6.45) is 3.61. The number of piperidine rings is 1. The standard InChI is InChI=1S/C31H39FN4O5S2/c1-2-20-15-23-16-22(7-8-29(37)38)17-27(30(23)33-19-20)43(40,41)35-25(18-28-34-24-5-3-4-6-26(24)42-28)31(39)36-13-10-21(9-12-32)11-14-36/h3-6,16-17,20-21,25,33,35H,2,7-15,18-19H2,1H3,(H,37,38)/t20?,25-/m0/s1. The van der Waals surface area contributed by atoms with E-state index >= 15 is 0 Å². The number of hydrogen-bond acceptors (Lipinski definition) is 7. The van der Waals surface area contributed by atoms with Crippen molar-refractivity contribution in [3.63, 3.8) is 0 Å². The maximum atomic E-state index is 14.1. The summed E-state index contributed by atoms with van der Waals surface area (Å²) < 4.78 is 44.9. The first kappa shape index (κ1) is 31.3. The lowest BCUT2D eigenvalue weighted by Gasteiger charge is -2.34. The van der Waals surface area contributed by atoms with Crippen LogP contribution in [0.5, 0.6) is 0 Å². The Kier molecular flexibility index (Phi) is 9.98. The molecule has 3 N–H and O–H groups in total. The SMILES string of the molecule is CCC1CNc2c(cc(CCC(=O)O)cc2S(=O)(=O)N[C@@H](Cc2nc3ccccc3s2)C(=O)N2CCC(CCF)CC2)C1.